The highest BCUT2D eigenvalue weighted by atomic mass is 19.4. The number of hydrogen-bond donors (Lipinski definition) is 3. The Labute approximate surface area is 263 Å². The van der Waals surface area contributed by atoms with Crippen molar-refractivity contribution < 1.29 is 51.6 Å². The number of benzene rings is 3. The lowest BCUT2D eigenvalue weighted by atomic mass is 10.1. The lowest BCUT2D eigenvalue weighted by Crippen LogP contribution is -2.10. The zero-order valence-corrected chi connectivity index (χ0v) is 24.9. The minimum Gasteiger partial charge on any atom is -0.504 e. The molecular formula is C33H35F3N2O8. The van der Waals surface area contributed by atoms with Crippen LogP contribution in [0.3, 0.4) is 0 Å². The summed E-state index contributed by atoms with van der Waals surface area (Å²) < 4.78 is 57.6. The molecule has 0 saturated carbocycles. The number of esters is 3. The van der Waals surface area contributed by atoms with E-state index in [1.807, 2.05) is 0 Å². The number of unbranched alkanes of at least 4 members (excludes halogenated alkanes) is 3. The standard InChI is InChI=1S/C33H35F3N2O8/c34-33(35,36)16-5-19-43-25-13-9-23(10-14-25)32(42)46-26-11-6-22(7-12-26)8-15-29(39)44-17-3-1-2-4-18-45-31(41)24-20-27(37)30(40)28(38)21-24/h6-15,20-21,40H,1-5,16-19,37-38H2. The number of aromatic hydroxyl groups is 1. The molecule has 0 radical (unpaired) electrons. The van der Waals surface area contributed by atoms with Crippen LogP contribution in [0.5, 0.6) is 17.2 Å². The summed E-state index contributed by atoms with van der Waals surface area (Å²) in [5.41, 5.74) is 12.3. The summed E-state index contributed by atoms with van der Waals surface area (Å²) >= 11 is 0. The molecule has 0 aliphatic heterocycles. The van der Waals surface area contributed by atoms with E-state index in [2.05, 4.69) is 0 Å². The van der Waals surface area contributed by atoms with E-state index in [-0.39, 0.29) is 60.2 Å². The van der Waals surface area contributed by atoms with Gasteiger partial charge in [0.1, 0.15) is 11.5 Å². The molecule has 0 aliphatic rings. The van der Waals surface area contributed by atoms with Gasteiger partial charge >= 0.3 is 24.1 Å². The summed E-state index contributed by atoms with van der Waals surface area (Å²) in [5.74, 6) is -1.37. The van der Waals surface area contributed by atoms with Gasteiger partial charge in [0.15, 0.2) is 5.75 Å². The van der Waals surface area contributed by atoms with Crippen LogP contribution in [0.15, 0.2) is 66.7 Å². The molecule has 0 spiro atoms. The third-order valence-corrected chi connectivity index (χ3v) is 6.39. The number of hydrogen-bond acceptors (Lipinski definition) is 10. The third kappa shape index (κ3) is 12.4. The first-order valence-corrected chi connectivity index (χ1v) is 14.4. The molecule has 10 nitrogen and oxygen atoms in total. The molecule has 0 heterocycles. The number of halogens is 3. The van der Waals surface area contributed by atoms with Crippen molar-refractivity contribution in [2.24, 2.45) is 0 Å². The minimum atomic E-state index is -4.23. The lowest BCUT2D eigenvalue weighted by molar-refractivity contribution is -0.138. The molecule has 0 bridgehead atoms. The van der Waals surface area contributed by atoms with Crippen molar-refractivity contribution in [2.75, 3.05) is 31.3 Å². The van der Waals surface area contributed by atoms with Crippen LogP contribution in [0, 0.1) is 0 Å². The molecule has 0 aliphatic carbocycles. The monoisotopic (exact) mass is 644 g/mol. The van der Waals surface area contributed by atoms with E-state index >= 15 is 0 Å². The second-order valence-corrected chi connectivity index (χ2v) is 10.1. The van der Waals surface area contributed by atoms with Gasteiger partial charge in [0.2, 0.25) is 0 Å². The Bertz CT molecular complexity index is 1470. The van der Waals surface area contributed by atoms with Gasteiger partial charge in [0.05, 0.1) is 42.3 Å². The third-order valence-electron chi connectivity index (χ3n) is 6.39. The van der Waals surface area contributed by atoms with Gasteiger partial charge in [-0.3, -0.25) is 0 Å². The predicted octanol–water partition coefficient (Wildman–Crippen LogP) is 6.47. The van der Waals surface area contributed by atoms with Crippen molar-refractivity contribution in [3.63, 3.8) is 0 Å². The van der Waals surface area contributed by atoms with Crippen LogP contribution < -0.4 is 20.9 Å². The van der Waals surface area contributed by atoms with Crippen molar-refractivity contribution in [3.8, 4) is 17.2 Å². The molecule has 0 unspecified atom stereocenters. The van der Waals surface area contributed by atoms with E-state index in [4.69, 9.17) is 30.4 Å². The summed E-state index contributed by atoms with van der Waals surface area (Å²) in [4.78, 5) is 36.5. The molecule has 0 fully saturated rings. The number of carbonyl (C=O) groups excluding carboxylic acids is 3. The van der Waals surface area contributed by atoms with Gasteiger partial charge in [-0.25, -0.2) is 14.4 Å². The topological polar surface area (TPSA) is 160 Å². The summed E-state index contributed by atoms with van der Waals surface area (Å²) in [6.45, 7) is 0.333. The molecule has 3 rings (SSSR count). The Morgan fingerprint density at radius 1 is 0.717 bits per heavy atom. The van der Waals surface area contributed by atoms with E-state index in [1.54, 1.807) is 30.3 Å². The van der Waals surface area contributed by atoms with Crippen molar-refractivity contribution in [2.45, 2.75) is 44.7 Å². The second-order valence-electron chi connectivity index (χ2n) is 10.1. The highest BCUT2D eigenvalue weighted by Crippen LogP contribution is 2.29. The normalized spacial score (nSPS) is 11.3. The first-order chi connectivity index (χ1) is 21.9. The SMILES string of the molecule is Nc1cc(C(=O)OCCCCCCOC(=O)C=Cc2ccc(OC(=O)c3ccc(OCCCC(F)(F)F)cc3)cc2)cc(N)c1O. The fraction of sp³-hybridized carbons (Fsp3) is 0.303. The zero-order chi connectivity index (χ0) is 33.5. The smallest absolute Gasteiger partial charge is 0.389 e. The van der Waals surface area contributed by atoms with Gasteiger partial charge < -0.3 is 35.5 Å². The van der Waals surface area contributed by atoms with E-state index in [1.165, 1.54) is 42.5 Å². The summed E-state index contributed by atoms with van der Waals surface area (Å²) in [5, 5.41) is 9.58. The number of phenols is 1. The van der Waals surface area contributed by atoms with E-state index in [9.17, 15) is 32.7 Å². The molecule has 0 amide bonds. The molecule has 246 valence electrons. The number of carbonyl (C=O) groups is 3. The van der Waals surface area contributed by atoms with Gasteiger partial charge in [-0.15, -0.1) is 0 Å². The Balaban J connectivity index is 1.28. The van der Waals surface area contributed by atoms with Crippen LogP contribution in [0.1, 0.15) is 64.8 Å². The summed E-state index contributed by atoms with van der Waals surface area (Å²) in [6, 6.07) is 14.9. The van der Waals surface area contributed by atoms with Crippen LogP contribution in [-0.2, 0) is 14.3 Å². The van der Waals surface area contributed by atoms with Crippen LogP contribution >= 0.6 is 0 Å². The maximum absolute atomic E-state index is 12.4. The lowest BCUT2D eigenvalue weighted by Gasteiger charge is -2.09. The van der Waals surface area contributed by atoms with Gasteiger partial charge in [0, 0.05) is 12.5 Å². The number of ether oxygens (including phenoxy) is 4. The van der Waals surface area contributed by atoms with Crippen LogP contribution in [-0.4, -0.2) is 49.0 Å². The quantitative estimate of drug-likeness (QED) is 0.0394. The first kappa shape index (κ1) is 35.3. The number of phenolic OH excluding ortho intramolecular Hbond substituents is 1. The Morgan fingerprint density at radius 3 is 1.91 bits per heavy atom. The molecule has 0 atom stereocenters. The Morgan fingerprint density at radius 2 is 1.30 bits per heavy atom. The Hall–Kier alpha value is -5.20. The molecule has 3 aromatic carbocycles. The molecule has 13 heteroatoms. The average Bonchev–Trinajstić information content (AvgIpc) is 3.02. The van der Waals surface area contributed by atoms with Gasteiger partial charge in [0.25, 0.3) is 0 Å². The molecule has 5 N–H and O–H groups in total. The predicted molar refractivity (Wildman–Crippen MR) is 164 cm³/mol. The van der Waals surface area contributed by atoms with E-state index in [0.717, 1.165) is 12.8 Å². The Kier molecular flexibility index (Phi) is 13.3. The minimum absolute atomic E-state index is 0.00597. The van der Waals surface area contributed by atoms with Crippen molar-refractivity contribution in [1.82, 2.24) is 0 Å². The van der Waals surface area contributed by atoms with Crippen LogP contribution in [0.25, 0.3) is 6.08 Å². The highest BCUT2D eigenvalue weighted by Gasteiger charge is 2.26. The number of rotatable bonds is 16. The van der Waals surface area contributed by atoms with Crippen molar-refractivity contribution in [1.29, 1.82) is 0 Å². The van der Waals surface area contributed by atoms with Crippen LogP contribution in [0.2, 0.25) is 0 Å². The van der Waals surface area contributed by atoms with Gasteiger partial charge in [-0.1, -0.05) is 12.1 Å². The van der Waals surface area contributed by atoms with Crippen molar-refractivity contribution >= 4 is 35.4 Å². The number of anilines is 2. The summed E-state index contributed by atoms with van der Waals surface area (Å²) in [7, 11) is 0. The first-order valence-electron chi connectivity index (χ1n) is 14.4. The van der Waals surface area contributed by atoms with Gasteiger partial charge in [-0.2, -0.15) is 13.2 Å². The zero-order valence-electron chi connectivity index (χ0n) is 24.9. The van der Waals surface area contributed by atoms with Gasteiger partial charge in [-0.05, 0) is 92.3 Å². The van der Waals surface area contributed by atoms with Crippen LogP contribution in [0.4, 0.5) is 24.5 Å². The molecule has 3 aromatic rings. The fourth-order valence-corrected chi connectivity index (χ4v) is 3.95. The molecule has 0 saturated heterocycles. The largest absolute Gasteiger partial charge is 0.504 e. The fourth-order valence-electron chi connectivity index (χ4n) is 3.95. The number of nitrogen functional groups attached to an aromatic ring is 2. The molecular weight excluding hydrogens is 609 g/mol. The number of alkyl halides is 3. The molecule has 0 aromatic heterocycles. The maximum Gasteiger partial charge on any atom is 0.389 e. The highest BCUT2D eigenvalue weighted by molar-refractivity contribution is 5.93. The summed E-state index contributed by atoms with van der Waals surface area (Å²) in [6.07, 6.45) is 0.295. The van der Waals surface area contributed by atoms with Crippen molar-refractivity contribution in [3.05, 3.63) is 83.4 Å². The van der Waals surface area contributed by atoms with E-state index in [0.29, 0.717) is 24.2 Å². The van der Waals surface area contributed by atoms with E-state index < -0.39 is 30.5 Å². The second kappa shape index (κ2) is 17.3. The maximum atomic E-state index is 12.4. The number of nitrogens with two attached hydrogens (primary N) is 2. The average molecular weight is 645 g/mol. The molecule has 46 heavy (non-hydrogen) atoms.